The molecule has 1 saturated heterocycles. The molecule has 1 aromatic carbocycles. The smallest absolute Gasteiger partial charge is 0.244 e. The van der Waals surface area contributed by atoms with Crippen molar-refractivity contribution in [1.82, 2.24) is 9.62 Å². The predicted octanol–water partition coefficient (Wildman–Crippen LogP) is 1.32. The van der Waals surface area contributed by atoms with Gasteiger partial charge in [0.25, 0.3) is 0 Å². The van der Waals surface area contributed by atoms with E-state index in [-0.39, 0.29) is 29.5 Å². The zero-order valence-corrected chi connectivity index (χ0v) is 17.9. The van der Waals surface area contributed by atoms with E-state index < -0.39 is 31.8 Å². The molecule has 9 heteroatoms. The number of carbonyl (C=O) groups excluding carboxylic acids is 1. The number of rotatable bonds is 7. The molecule has 0 aliphatic carbocycles. The van der Waals surface area contributed by atoms with Gasteiger partial charge in [-0.05, 0) is 44.7 Å². The van der Waals surface area contributed by atoms with E-state index in [1.807, 2.05) is 19.1 Å². The van der Waals surface area contributed by atoms with Crippen molar-refractivity contribution in [2.24, 2.45) is 0 Å². The SMILES string of the molecule is CCS(=O)(=O)CCNC(=O)C1CCCN1S(=O)(=O)c1c(C)cc(C)cc1C. The number of nitrogens with zero attached hydrogens (tertiary/aromatic N) is 1. The molecule has 1 aromatic rings. The number of sulfone groups is 1. The molecule has 1 atom stereocenters. The summed E-state index contributed by atoms with van der Waals surface area (Å²) in [4.78, 5) is 12.8. The van der Waals surface area contributed by atoms with Gasteiger partial charge in [0.2, 0.25) is 15.9 Å². The standard InChI is InChI=1S/C18H28N2O5S2/c1-5-26(22,23)10-8-19-18(21)16-7-6-9-20(16)27(24,25)17-14(3)11-13(2)12-15(17)4/h11-12,16H,5-10H2,1-4H3,(H,19,21). The Balaban J connectivity index is 2.21. The minimum Gasteiger partial charge on any atom is -0.354 e. The zero-order chi connectivity index (χ0) is 20.4. The molecule has 1 N–H and O–H groups in total. The highest BCUT2D eigenvalue weighted by Gasteiger charge is 2.40. The average molecular weight is 417 g/mol. The Labute approximate surface area is 162 Å². The number of amides is 1. The minimum absolute atomic E-state index is 0.0119. The lowest BCUT2D eigenvalue weighted by Crippen LogP contribution is -2.47. The van der Waals surface area contributed by atoms with Crippen molar-refractivity contribution in [3.05, 3.63) is 28.8 Å². The van der Waals surface area contributed by atoms with Crippen LogP contribution in [0.4, 0.5) is 0 Å². The molecule has 27 heavy (non-hydrogen) atoms. The summed E-state index contributed by atoms with van der Waals surface area (Å²) in [5.74, 6) is -0.575. The van der Waals surface area contributed by atoms with E-state index in [1.54, 1.807) is 20.8 Å². The lowest BCUT2D eigenvalue weighted by Gasteiger charge is -2.25. The summed E-state index contributed by atoms with van der Waals surface area (Å²) in [6.45, 7) is 7.24. The third kappa shape index (κ3) is 4.89. The highest BCUT2D eigenvalue weighted by atomic mass is 32.2. The summed E-state index contributed by atoms with van der Waals surface area (Å²) in [6.07, 6.45) is 1.02. The van der Waals surface area contributed by atoms with Crippen molar-refractivity contribution in [3.63, 3.8) is 0 Å². The van der Waals surface area contributed by atoms with Crippen molar-refractivity contribution < 1.29 is 21.6 Å². The van der Waals surface area contributed by atoms with Gasteiger partial charge < -0.3 is 5.32 Å². The van der Waals surface area contributed by atoms with E-state index >= 15 is 0 Å². The summed E-state index contributed by atoms with van der Waals surface area (Å²) in [5, 5.41) is 2.58. The van der Waals surface area contributed by atoms with E-state index in [9.17, 15) is 21.6 Å². The molecule has 1 aliphatic rings. The summed E-state index contributed by atoms with van der Waals surface area (Å²) in [5.41, 5.74) is 2.30. The van der Waals surface area contributed by atoms with Crippen LogP contribution >= 0.6 is 0 Å². The van der Waals surface area contributed by atoms with E-state index in [2.05, 4.69) is 5.32 Å². The van der Waals surface area contributed by atoms with Crippen LogP contribution < -0.4 is 5.32 Å². The highest BCUT2D eigenvalue weighted by molar-refractivity contribution is 7.91. The van der Waals surface area contributed by atoms with Gasteiger partial charge in [-0.3, -0.25) is 4.79 Å². The van der Waals surface area contributed by atoms with Gasteiger partial charge in [0.15, 0.2) is 9.84 Å². The molecule has 2 rings (SSSR count). The third-order valence-corrected chi connectivity index (χ3v) is 8.75. The fourth-order valence-electron chi connectivity index (χ4n) is 3.57. The Bertz CT molecular complexity index is 900. The molecule has 1 amide bonds. The largest absolute Gasteiger partial charge is 0.354 e. The number of hydrogen-bond acceptors (Lipinski definition) is 5. The normalized spacial score (nSPS) is 18.6. The first-order chi connectivity index (χ1) is 12.5. The van der Waals surface area contributed by atoms with E-state index in [4.69, 9.17) is 0 Å². The Morgan fingerprint density at radius 1 is 1.15 bits per heavy atom. The molecule has 0 aromatic heterocycles. The lowest BCUT2D eigenvalue weighted by molar-refractivity contribution is -0.124. The fourth-order valence-corrected chi connectivity index (χ4v) is 6.35. The number of hydrogen-bond donors (Lipinski definition) is 1. The van der Waals surface area contributed by atoms with E-state index in [0.717, 1.165) is 5.56 Å². The molecular formula is C18H28N2O5S2. The predicted molar refractivity (Wildman–Crippen MR) is 105 cm³/mol. The third-order valence-electron chi connectivity index (χ3n) is 4.83. The number of nitrogens with one attached hydrogen (secondary N) is 1. The average Bonchev–Trinajstić information content (AvgIpc) is 3.04. The number of benzene rings is 1. The molecular weight excluding hydrogens is 388 g/mol. The molecule has 1 aliphatic heterocycles. The molecule has 1 unspecified atom stereocenters. The van der Waals surface area contributed by atoms with Crippen molar-refractivity contribution in [2.45, 2.75) is 51.5 Å². The van der Waals surface area contributed by atoms with E-state index in [0.29, 0.717) is 24.0 Å². The number of carbonyl (C=O) groups is 1. The second-order valence-electron chi connectivity index (χ2n) is 7.03. The first-order valence-corrected chi connectivity index (χ1v) is 12.3. The van der Waals surface area contributed by atoms with Crippen LogP contribution in [-0.4, -0.2) is 57.7 Å². The molecule has 1 heterocycles. The maximum absolute atomic E-state index is 13.2. The van der Waals surface area contributed by atoms with Crippen molar-refractivity contribution in [1.29, 1.82) is 0 Å². The first-order valence-electron chi connectivity index (χ1n) is 9.07. The highest BCUT2D eigenvalue weighted by Crippen LogP contribution is 2.30. The maximum atomic E-state index is 13.2. The molecule has 1 fully saturated rings. The van der Waals surface area contributed by atoms with Crippen LogP contribution in [0.3, 0.4) is 0 Å². The van der Waals surface area contributed by atoms with Gasteiger partial charge in [0.05, 0.1) is 10.6 Å². The summed E-state index contributed by atoms with van der Waals surface area (Å²) in [6, 6.07) is 2.83. The second-order valence-corrected chi connectivity index (χ2v) is 11.3. The van der Waals surface area contributed by atoms with Gasteiger partial charge in [0.1, 0.15) is 6.04 Å². The molecule has 0 saturated carbocycles. The maximum Gasteiger partial charge on any atom is 0.244 e. The first kappa shape index (κ1) is 21.8. The Hall–Kier alpha value is -1.45. The lowest BCUT2D eigenvalue weighted by atomic mass is 10.1. The fraction of sp³-hybridized carbons (Fsp3) is 0.611. The van der Waals surface area contributed by atoms with E-state index in [1.165, 1.54) is 4.31 Å². The number of aryl methyl sites for hydroxylation is 3. The van der Waals surface area contributed by atoms with Gasteiger partial charge in [-0.25, -0.2) is 16.8 Å². The Morgan fingerprint density at radius 2 is 1.74 bits per heavy atom. The molecule has 0 spiro atoms. The van der Waals surface area contributed by atoms with Crippen LogP contribution in [0.25, 0.3) is 0 Å². The zero-order valence-electron chi connectivity index (χ0n) is 16.3. The summed E-state index contributed by atoms with van der Waals surface area (Å²) >= 11 is 0. The van der Waals surface area contributed by atoms with Crippen LogP contribution in [0.1, 0.15) is 36.5 Å². The quantitative estimate of drug-likeness (QED) is 0.722. The van der Waals surface area contributed by atoms with Crippen LogP contribution in [0.2, 0.25) is 0 Å². The molecule has 7 nitrogen and oxygen atoms in total. The second kappa shape index (κ2) is 8.28. The molecule has 0 radical (unpaired) electrons. The van der Waals surface area contributed by atoms with Crippen molar-refractivity contribution in [3.8, 4) is 0 Å². The van der Waals surface area contributed by atoms with Crippen LogP contribution in [0.5, 0.6) is 0 Å². The summed E-state index contributed by atoms with van der Waals surface area (Å²) < 4.78 is 50.8. The van der Waals surface area contributed by atoms with Crippen molar-refractivity contribution >= 4 is 25.8 Å². The van der Waals surface area contributed by atoms with Gasteiger partial charge in [-0.1, -0.05) is 24.6 Å². The number of sulfonamides is 1. The molecule has 152 valence electrons. The Kier molecular flexibility index (Phi) is 6.70. The van der Waals surface area contributed by atoms with Gasteiger partial charge in [-0.15, -0.1) is 0 Å². The van der Waals surface area contributed by atoms with Crippen molar-refractivity contribution in [2.75, 3.05) is 24.6 Å². The van der Waals surface area contributed by atoms with Crippen LogP contribution in [0.15, 0.2) is 17.0 Å². The van der Waals surface area contributed by atoms with Crippen LogP contribution in [0, 0.1) is 20.8 Å². The topological polar surface area (TPSA) is 101 Å². The van der Waals surface area contributed by atoms with Gasteiger partial charge >= 0.3 is 0 Å². The van der Waals surface area contributed by atoms with Gasteiger partial charge in [0, 0.05) is 18.8 Å². The summed E-state index contributed by atoms with van der Waals surface area (Å²) in [7, 11) is -7.00. The van der Waals surface area contributed by atoms with Gasteiger partial charge in [-0.2, -0.15) is 4.31 Å². The minimum atomic E-state index is -3.81. The monoisotopic (exact) mass is 416 g/mol. The van der Waals surface area contributed by atoms with Crippen LogP contribution in [-0.2, 0) is 24.7 Å². The Morgan fingerprint density at radius 3 is 2.30 bits per heavy atom. The molecule has 0 bridgehead atoms.